The molecule has 2 aliphatic rings. The number of rotatable bonds is 6. The van der Waals surface area contributed by atoms with Gasteiger partial charge in [-0.3, -0.25) is 9.59 Å². The van der Waals surface area contributed by atoms with Gasteiger partial charge in [0.25, 0.3) is 11.7 Å². The number of amides is 2. The van der Waals surface area contributed by atoms with Gasteiger partial charge < -0.3 is 24.4 Å². The first-order valence-electron chi connectivity index (χ1n) is 11.5. The van der Waals surface area contributed by atoms with Gasteiger partial charge in [0.2, 0.25) is 0 Å². The van der Waals surface area contributed by atoms with E-state index in [9.17, 15) is 19.5 Å². The fraction of sp³-hybridized carbons (Fsp3) is 0.400. The van der Waals surface area contributed by atoms with Crippen LogP contribution in [0.3, 0.4) is 0 Å². The maximum absolute atomic E-state index is 13.3. The van der Waals surface area contributed by atoms with Gasteiger partial charge in [0.05, 0.1) is 29.9 Å². The van der Waals surface area contributed by atoms with Crippen molar-refractivity contribution in [1.82, 2.24) is 9.80 Å². The number of carbonyl (C=O) groups is 3. The largest absolute Gasteiger partial charge is 0.507 e. The third-order valence-electron chi connectivity index (χ3n) is 6.18. The van der Waals surface area contributed by atoms with E-state index in [1.165, 1.54) is 11.3 Å². The third-order valence-corrected chi connectivity index (χ3v) is 7.43. The highest BCUT2D eigenvalue weighted by molar-refractivity contribution is 7.10. The molecule has 1 N–H and O–H groups in total. The predicted octanol–water partition coefficient (Wildman–Crippen LogP) is 4.84. The molecule has 8 nitrogen and oxygen atoms in total. The SMILES string of the molecule is CCOC(=O)N1CCC(N2C(=O)C(=O)/C(=C(\O)c3cc(OCC)ccc3Cl)C2c2cccs2)CC1. The Morgan fingerprint density at radius 1 is 1.17 bits per heavy atom. The molecule has 2 aliphatic heterocycles. The number of hydrogen-bond donors (Lipinski definition) is 1. The monoisotopic (exact) mass is 518 g/mol. The van der Waals surface area contributed by atoms with Gasteiger partial charge >= 0.3 is 6.09 Å². The van der Waals surface area contributed by atoms with Crippen LogP contribution in [0.2, 0.25) is 5.02 Å². The molecule has 1 aromatic carbocycles. The minimum Gasteiger partial charge on any atom is -0.507 e. The maximum atomic E-state index is 13.3. The Hall–Kier alpha value is -3.04. The van der Waals surface area contributed by atoms with E-state index in [1.54, 1.807) is 34.9 Å². The lowest BCUT2D eigenvalue weighted by molar-refractivity contribution is -0.142. The van der Waals surface area contributed by atoms with E-state index in [1.807, 2.05) is 24.4 Å². The number of likely N-dealkylation sites (tertiary alicyclic amines) is 2. The molecule has 1 atom stereocenters. The molecule has 0 bridgehead atoms. The Labute approximate surface area is 212 Å². The number of piperidine rings is 1. The van der Waals surface area contributed by atoms with Crippen molar-refractivity contribution in [1.29, 1.82) is 0 Å². The average molecular weight is 519 g/mol. The molecule has 0 aliphatic carbocycles. The highest BCUT2D eigenvalue weighted by Crippen LogP contribution is 2.44. The van der Waals surface area contributed by atoms with Crippen LogP contribution in [0, 0.1) is 0 Å². The Morgan fingerprint density at radius 2 is 1.91 bits per heavy atom. The van der Waals surface area contributed by atoms with E-state index in [-0.39, 0.29) is 34.1 Å². The molecular formula is C25H27ClN2O6S. The molecule has 35 heavy (non-hydrogen) atoms. The van der Waals surface area contributed by atoms with Gasteiger partial charge in [-0.2, -0.15) is 0 Å². The molecule has 0 radical (unpaired) electrons. The molecule has 186 valence electrons. The molecule has 3 heterocycles. The normalized spacial score (nSPS) is 20.4. The topological polar surface area (TPSA) is 96.4 Å². The summed E-state index contributed by atoms with van der Waals surface area (Å²) in [6, 6.07) is 7.48. The molecule has 2 amide bonds. The van der Waals surface area contributed by atoms with Gasteiger partial charge in [-0.15, -0.1) is 11.3 Å². The molecule has 0 spiro atoms. The zero-order valence-electron chi connectivity index (χ0n) is 19.5. The van der Waals surface area contributed by atoms with Crippen molar-refractivity contribution in [3.63, 3.8) is 0 Å². The number of ether oxygens (including phenoxy) is 2. The molecule has 1 unspecified atom stereocenters. The second-order valence-corrected chi connectivity index (χ2v) is 9.60. The number of halogens is 1. The summed E-state index contributed by atoms with van der Waals surface area (Å²) in [5.74, 6) is -1.27. The third kappa shape index (κ3) is 4.88. The molecule has 0 saturated carbocycles. The summed E-state index contributed by atoms with van der Waals surface area (Å²) in [7, 11) is 0. The van der Waals surface area contributed by atoms with Crippen LogP contribution in [0.5, 0.6) is 5.75 Å². The number of Topliss-reactive ketones (excluding diaryl/α,β-unsaturated/α-hetero) is 1. The fourth-order valence-corrected chi connectivity index (χ4v) is 5.62. The van der Waals surface area contributed by atoms with Crippen molar-refractivity contribution in [3.05, 3.63) is 56.7 Å². The van der Waals surface area contributed by atoms with Crippen LogP contribution in [0.4, 0.5) is 4.79 Å². The van der Waals surface area contributed by atoms with Gasteiger partial charge in [-0.05, 0) is 56.3 Å². The fourth-order valence-electron chi connectivity index (χ4n) is 4.58. The summed E-state index contributed by atoms with van der Waals surface area (Å²) in [6.07, 6.45) is 0.606. The van der Waals surface area contributed by atoms with Gasteiger partial charge in [-0.25, -0.2) is 4.79 Å². The van der Waals surface area contributed by atoms with Crippen molar-refractivity contribution in [2.45, 2.75) is 38.8 Å². The Bertz CT molecular complexity index is 1140. The number of ketones is 1. The van der Waals surface area contributed by atoms with Gasteiger partial charge in [0.1, 0.15) is 11.5 Å². The van der Waals surface area contributed by atoms with Crippen LogP contribution in [-0.2, 0) is 14.3 Å². The molecule has 4 rings (SSSR count). The minimum absolute atomic E-state index is 0.000760. The number of nitrogens with zero attached hydrogens (tertiary/aromatic N) is 2. The van der Waals surface area contributed by atoms with E-state index >= 15 is 0 Å². The second kappa shape index (κ2) is 10.7. The first-order chi connectivity index (χ1) is 16.9. The lowest BCUT2D eigenvalue weighted by atomic mass is 9.97. The number of carbonyl (C=O) groups excluding carboxylic acids is 3. The van der Waals surface area contributed by atoms with Crippen LogP contribution in [0.25, 0.3) is 5.76 Å². The Morgan fingerprint density at radius 3 is 2.54 bits per heavy atom. The standard InChI is InChI=1S/C25H27ClN2O6S/c1-3-33-16-7-8-18(26)17(14-16)22(29)20-21(19-6-5-13-35-19)28(24(31)23(20)30)15-9-11-27(12-10-15)25(32)34-4-2/h5-8,13-15,21,29H,3-4,9-12H2,1-2H3/b22-20-. The van der Waals surface area contributed by atoms with E-state index in [0.717, 1.165) is 4.88 Å². The molecule has 2 fully saturated rings. The van der Waals surface area contributed by atoms with Crippen molar-refractivity contribution in [2.75, 3.05) is 26.3 Å². The highest BCUT2D eigenvalue weighted by atomic mass is 35.5. The van der Waals surface area contributed by atoms with E-state index in [0.29, 0.717) is 44.9 Å². The number of aliphatic hydroxyl groups excluding tert-OH is 1. The van der Waals surface area contributed by atoms with Crippen LogP contribution in [-0.4, -0.2) is 65.0 Å². The summed E-state index contributed by atoms with van der Waals surface area (Å²) in [6.45, 7) is 5.12. The summed E-state index contributed by atoms with van der Waals surface area (Å²) in [5, 5.41) is 13.4. The van der Waals surface area contributed by atoms with E-state index in [4.69, 9.17) is 21.1 Å². The van der Waals surface area contributed by atoms with E-state index in [2.05, 4.69) is 0 Å². The zero-order valence-corrected chi connectivity index (χ0v) is 21.1. The summed E-state index contributed by atoms with van der Waals surface area (Å²) in [4.78, 5) is 42.6. The highest BCUT2D eigenvalue weighted by Gasteiger charge is 2.50. The van der Waals surface area contributed by atoms with Crippen LogP contribution in [0.15, 0.2) is 41.3 Å². The van der Waals surface area contributed by atoms with Crippen LogP contribution < -0.4 is 4.74 Å². The number of benzene rings is 1. The van der Waals surface area contributed by atoms with Gasteiger partial charge in [-0.1, -0.05) is 17.7 Å². The molecule has 2 saturated heterocycles. The van der Waals surface area contributed by atoms with Gasteiger partial charge in [0.15, 0.2) is 0 Å². The summed E-state index contributed by atoms with van der Waals surface area (Å²) < 4.78 is 10.6. The van der Waals surface area contributed by atoms with Crippen molar-refractivity contribution < 1.29 is 29.0 Å². The average Bonchev–Trinajstić information content (AvgIpc) is 3.47. The lowest BCUT2D eigenvalue weighted by Crippen LogP contribution is -2.48. The number of thiophene rings is 1. The van der Waals surface area contributed by atoms with Crippen molar-refractivity contribution in [3.8, 4) is 5.75 Å². The predicted molar refractivity (Wildman–Crippen MR) is 133 cm³/mol. The second-order valence-electron chi connectivity index (χ2n) is 8.21. The smallest absolute Gasteiger partial charge is 0.409 e. The number of aliphatic hydroxyl groups is 1. The first kappa shape index (κ1) is 25.1. The summed E-state index contributed by atoms with van der Waals surface area (Å²) in [5.41, 5.74) is 0.232. The Balaban J connectivity index is 1.72. The van der Waals surface area contributed by atoms with Crippen molar-refractivity contribution >= 4 is 46.5 Å². The first-order valence-corrected chi connectivity index (χ1v) is 12.8. The Kier molecular flexibility index (Phi) is 7.66. The quantitative estimate of drug-likeness (QED) is 0.334. The minimum atomic E-state index is -0.758. The van der Waals surface area contributed by atoms with Crippen LogP contribution >= 0.6 is 22.9 Å². The number of hydrogen-bond acceptors (Lipinski definition) is 7. The maximum Gasteiger partial charge on any atom is 0.409 e. The molecule has 1 aromatic heterocycles. The van der Waals surface area contributed by atoms with E-state index < -0.39 is 17.7 Å². The zero-order chi connectivity index (χ0) is 25.1. The lowest BCUT2D eigenvalue weighted by Gasteiger charge is -2.38. The van der Waals surface area contributed by atoms with Gasteiger partial charge in [0, 0.05) is 29.6 Å². The molecular weight excluding hydrogens is 492 g/mol. The molecule has 10 heteroatoms. The van der Waals surface area contributed by atoms with Crippen molar-refractivity contribution in [2.24, 2.45) is 0 Å². The molecule has 2 aromatic rings. The van der Waals surface area contributed by atoms with Crippen LogP contribution in [0.1, 0.15) is 43.2 Å². The summed E-state index contributed by atoms with van der Waals surface area (Å²) >= 11 is 7.78.